The first-order valence-corrected chi connectivity index (χ1v) is 7.32. The Balaban J connectivity index is 1.99. The Morgan fingerprint density at radius 2 is 1.71 bits per heavy atom. The summed E-state index contributed by atoms with van der Waals surface area (Å²) in [6.45, 7) is 0.396. The number of carboxylic acid groups (broad SMARTS) is 1. The fourth-order valence-electron chi connectivity index (χ4n) is 2.17. The summed E-state index contributed by atoms with van der Waals surface area (Å²) in [5.41, 5.74) is 3.92. The molecule has 0 unspecified atom stereocenters. The molecule has 0 aromatic heterocycles. The van der Waals surface area contributed by atoms with Crippen molar-refractivity contribution in [1.82, 2.24) is 10.8 Å². The molecule has 2 aromatic carbocycles. The first-order chi connectivity index (χ1) is 11.6. The number of carboxylic acids is 1. The zero-order valence-corrected chi connectivity index (χ0v) is 12.8. The van der Waals surface area contributed by atoms with Gasteiger partial charge in [-0.3, -0.25) is 20.1 Å². The molecule has 0 aliphatic heterocycles. The highest BCUT2D eigenvalue weighted by Crippen LogP contribution is 2.14. The predicted molar refractivity (Wildman–Crippen MR) is 89.1 cm³/mol. The lowest BCUT2D eigenvalue weighted by Crippen LogP contribution is -2.28. The fourth-order valence-corrected chi connectivity index (χ4v) is 2.17. The molecule has 0 bridgehead atoms. The maximum Gasteiger partial charge on any atom is 0.325 e. The quantitative estimate of drug-likeness (QED) is 0.355. The average Bonchev–Trinajstić information content (AvgIpc) is 2.61. The number of rotatable bonds is 7. The minimum absolute atomic E-state index is 0.396. The zero-order chi connectivity index (χ0) is 17.4. The van der Waals surface area contributed by atoms with Gasteiger partial charge in [-0.15, -0.1) is 0 Å². The van der Waals surface area contributed by atoms with Crippen molar-refractivity contribution in [2.24, 2.45) is 0 Å². The van der Waals surface area contributed by atoms with Gasteiger partial charge in [-0.25, -0.2) is 5.48 Å². The minimum atomic E-state index is -0.934. The van der Waals surface area contributed by atoms with Gasteiger partial charge in [-0.1, -0.05) is 54.6 Å². The van der Waals surface area contributed by atoms with Gasteiger partial charge in [-0.2, -0.15) is 0 Å². The van der Waals surface area contributed by atoms with Crippen LogP contribution in [0.2, 0.25) is 0 Å². The lowest BCUT2D eigenvalue weighted by atomic mass is 10.1. The summed E-state index contributed by atoms with van der Waals surface area (Å²) in [6, 6.07) is 15.5. The van der Waals surface area contributed by atoms with E-state index in [0.717, 1.165) is 11.1 Å². The zero-order valence-electron chi connectivity index (χ0n) is 12.8. The molecule has 24 heavy (non-hydrogen) atoms. The van der Waals surface area contributed by atoms with E-state index in [0.29, 0.717) is 12.1 Å². The van der Waals surface area contributed by atoms with Gasteiger partial charge in [0.25, 0.3) is 5.91 Å². The SMILES string of the molecule is O=C(C=Cc1ccc(CN[C@@H](C(=O)O)c2ccccc2)cc1)NO. The van der Waals surface area contributed by atoms with Gasteiger partial charge in [0.1, 0.15) is 6.04 Å². The molecule has 0 fully saturated rings. The van der Waals surface area contributed by atoms with Crippen LogP contribution >= 0.6 is 0 Å². The number of amides is 1. The van der Waals surface area contributed by atoms with E-state index in [-0.39, 0.29) is 0 Å². The molecule has 0 saturated heterocycles. The standard InChI is InChI=1S/C18H18N2O4/c21-16(20-24)11-10-13-6-8-14(9-7-13)12-19-17(18(22)23)15-4-2-1-3-5-15/h1-11,17,19,24H,12H2,(H,20,21)(H,22,23)/t17-/m1/s1. The summed E-state index contributed by atoms with van der Waals surface area (Å²) in [5.74, 6) is -1.54. The van der Waals surface area contributed by atoms with Crippen molar-refractivity contribution < 1.29 is 19.9 Å². The lowest BCUT2D eigenvalue weighted by molar-refractivity contribution is -0.139. The molecule has 4 N–H and O–H groups in total. The second-order valence-electron chi connectivity index (χ2n) is 5.11. The third-order valence-corrected chi connectivity index (χ3v) is 3.41. The molecule has 6 nitrogen and oxygen atoms in total. The number of hydrogen-bond acceptors (Lipinski definition) is 4. The largest absolute Gasteiger partial charge is 0.480 e. The van der Waals surface area contributed by atoms with E-state index in [4.69, 9.17) is 5.21 Å². The van der Waals surface area contributed by atoms with E-state index >= 15 is 0 Å². The number of hydroxylamine groups is 1. The number of hydrogen-bond donors (Lipinski definition) is 4. The van der Waals surface area contributed by atoms with Crippen LogP contribution in [0.5, 0.6) is 0 Å². The summed E-state index contributed by atoms with van der Waals surface area (Å²) in [4.78, 5) is 22.3. The molecule has 124 valence electrons. The molecule has 0 aliphatic rings. The van der Waals surface area contributed by atoms with Crippen LogP contribution in [0.4, 0.5) is 0 Å². The minimum Gasteiger partial charge on any atom is -0.480 e. The molecule has 0 radical (unpaired) electrons. The molecular formula is C18H18N2O4. The Kier molecular flexibility index (Phi) is 6.24. The first kappa shape index (κ1) is 17.4. The second-order valence-corrected chi connectivity index (χ2v) is 5.11. The van der Waals surface area contributed by atoms with Crippen molar-refractivity contribution in [2.45, 2.75) is 12.6 Å². The molecule has 2 rings (SSSR count). The summed E-state index contributed by atoms with van der Waals surface area (Å²) >= 11 is 0. The Labute approximate surface area is 139 Å². The summed E-state index contributed by atoms with van der Waals surface area (Å²) in [7, 11) is 0. The van der Waals surface area contributed by atoms with E-state index in [9.17, 15) is 14.7 Å². The van der Waals surface area contributed by atoms with Crippen molar-refractivity contribution in [3.8, 4) is 0 Å². The van der Waals surface area contributed by atoms with Crippen LogP contribution in [-0.2, 0) is 16.1 Å². The number of carbonyl (C=O) groups is 2. The van der Waals surface area contributed by atoms with Crippen molar-refractivity contribution in [2.75, 3.05) is 0 Å². The Morgan fingerprint density at radius 3 is 2.29 bits per heavy atom. The van der Waals surface area contributed by atoms with Gasteiger partial charge in [0.05, 0.1) is 0 Å². The second kappa shape index (κ2) is 8.61. The fraction of sp³-hybridized carbons (Fsp3) is 0.111. The van der Waals surface area contributed by atoms with Crippen LogP contribution in [0.25, 0.3) is 6.08 Å². The Hall–Kier alpha value is -2.96. The highest BCUT2D eigenvalue weighted by atomic mass is 16.5. The van der Waals surface area contributed by atoms with Gasteiger partial charge in [-0.05, 0) is 22.8 Å². The predicted octanol–water partition coefficient (Wildman–Crippen LogP) is 2.12. The Bertz CT molecular complexity index is 712. The molecule has 1 amide bonds. The number of aliphatic carboxylic acids is 1. The Morgan fingerprint density at radius 1 is 1.04 bits per heavy atom. The smallest absolute Gasteiger partial charge is 0.325 e. The number of carbonyl (C=O) groups excluding carboxylic acids is 1. The monoisotopic (exact) mass is 326 g/mol. The van der Waals surface area contributed by atoms with Gasteiger partial charge in [0.15, 0.2) is 0 Å². The summed E-state index contributed by atoms with van der Waals surface area (Å²) in [6.07, 6.45) is 2.77. The molecule has 1 atom stereocenters. The van der Waals surface area contributed by atoms with E-state index in [2.05, 4.69) is 5.32 Å². The molecule has 2 aromatic rings. The van der Waals surface area contributed by atoms with Crippen LogP contribution in [-0.4, -0.2) is 22.2 Å². The normalized spacial score (nSPS) is 12.0. The third kappa shape index (κ3) is 5.05. The van der Waals surface area contributed by atoms with E-state index in [1.54, 1.807) is 42.5 Å². The van der Waals surface area contributed by atoms with Crippen molar-refractivity contribution in [1.29, 1.82) is 0 Å². The summed E-state index contributed by atoms with van der Waals surface area (Å²) in [5, 5.41) is 20.8. The molecule has 6 heteroatoms. The topological polar surface area (TPSA) is 98.7 Å². The molecule has 0 saturated carbocycles. The van der Waals surface area contributed by atoms with Crippen LogP contribution in [0.1, 0.15) is 22.7 Å². The van der Waals surface area contributed by atoms with Gasteiger partial charge < -0.3 is 5.11 Å². The first-order valence-electron chi connectivity index (χ1n) is 7.32. The lowest BCUT2D eigenvalue weighted by Gasteiger charge is -2.15. The highest BCUT2D eigenvalue weighted by molar-refractivity contribution is 5.90. The summed E-state index contributed by atoms with van der Waals surface area (Å²) < 4.78 is 0. The van der Waals surface area contributed by atoms with Crippen molar-refractivity contribution in [3.05, 3.63) is 77.4 Å². The van der Waals surface area contributed by atoms with Crippen molar-refractivity contribution >= 4 is 18.0 Å². The highest BCUT2D eigenvalue weighted by Gasteiger charge is 2.18. The van der Waals surface area contributed by atoms with Gasteiger partial charge in [0, 0.05) is 12.6 Å². The number of benzene rings is 2. The van der Waals surface area contributed by atoms with Crippen LogP contribution in [0.15, 0.2) is 60.7 Å². The van der Waals surface area contributed by atoms with Gasteiger partial charge >= 0.3 is 5.97 Å². The van der Waals surface area contributed by atoms with Crippen molar-refractivity contribution in [3.63, 3.8) is 0 Å². The number of nitrogens with one attached hydrogen (secondary N) is 2. The van der Waals surface area contributed by atoms with Crippen LogP contribution < -0.4 is 10.8 Å². The third-order valence-electron chi connectivity index (χ3n) is 3.41. The van der Waals surface area contributed by atoms with Gasteiger partial charge in [0.2, 0.25) is 0 Å². The molecular weight excluding hydrogens is 308 g/mol. The molecule has 0 heterocycles. The van der Waals surface area contributed by atoms with E-state index in [1.807, 2.05) is 18.2 Å². The molecule has 0 aliphatic carbocycles. The maximum atomic E-state index is 11.4. The van der Waals surface area contributed by atoms with Crippen LogP contribution in [0, 0.1) is 0 Å². The molecule has 0 spiro atoms. The van der Waals surface area contributed by atoms with E-state index in [1.165, 1.54) is 11.6 Å². The van der Waals surface area contributed by atoms with Crippen LogP contribution in [0.3, 0.4) is 0 Å². The average molecular weight is 326 g/mol. The maximum absolute atomic E-state index is 11.4. The van der Waals surface area contributed by atoms with E-state index < -0.39 is 17.9 Å².